The zero-order valence-corrected chi connectivity index (χ0v) is 12.3. The SMILES string of the molecule is O=C1CCCN1c1ccccc1NCc1nc(C2CC2)no1. The fourth-order valence-electron chi connectivity index (χ4n) is 2.78. The highest BCUT2D eigenvalue weighted by Gasteiger charge is 2.29. The number of benzene rings is 1. The van der Waals surface area contributed by atoms with Gasteiger partial charge in [-0.05, 0) is 31.4 Å². The minimum Gasteiger partial charge on any atom is -0.374 e. The molecule has 1 amide bonds. The number of nitrogens with zero attached hydrogens (tertiary/aromatic N) is 3. The summed E-state index contributed by atoms with van der Waals surface area (Å²) in [7, 11) is 0. The van der Waals surface area contributed by atoms with Crippen LogP contribution in [-0.2, 0) is 11.3 Å². The lowest BCUT2D eigenvalue weighted by Crippen LogP contribution is -2.24. The van der Waals surface area contributed by atoms with Crippen LogP contribution in [0.25, 0.3) is 0 Å². The summed E-state index contributed by atoms with van der Waals surface area (Å²) in [4.78, 5) is 18.2. The Balaban J connectivity index is 1.48. The lowest BCUT2D eigenvalue weighted by atomic mass is 10.2. The Labute approximate surface area is 128 Å². The molecule has 1 N–H and O–H groups in total. The second kappa shape index (κ2) is 5.44. The van der Waals surface area contributed by atoms with Crippen molar-refractivity contribution >= 4 is 17.3 Å². The maximum absolute atomic E-state index is 11.9. The molecule has 4 rings (SSSR count). The molecule has 1 aliphatic carbocycles. The van der Waals surface area contributed by atoms with Crippen molar-refractivity contribution in [2.75, 3.05) is 16.8 Å². The standard InChI is InChI=1S/C16H18N4O2/c21-15-6-3-9-20(15)13-5-2-1-4-12(13)17-10-14-18-16(19-22-14)11-7-8-11/h1-2,4-5,11,17H,3,6-10H2. The topological polar surface area (TPSA) is 71.3 Å². The number of aromatic nitrogens is 2. The van der Waals surface area contributed by atoms with Crippen molar-refractivity contribution in [3.05, 3.63) is 36.0 Å². The average Bonchev–Trinajstić information content (AvgIpc) is 3.13. The highest BCUT2D eigenvalue weighted by atomic mass is 16.5. The molecule has 1 aromatic heterocycles. The maximum Gasteiger partial charge on any atom is 0.245 e. The van der Waals surface area contributed by atoms with E-state index in [0.29, 0.717) is 24.8 Å². The quantitative estimate of drug-likeness (QED) is 0.919. The Morgan fingerprint density at radius 1 is 1.32 bits per heavy atom. The zero-order valence-electron chi connectivity index (χ0n) is 12.3. The molecule has 1 aliphatic heterocycles. The van der Waals surface area contributed by atoms with E-state index in [9.17, 15) is 4.79 Å². The number of anilines is 2. The van der Waals surface area contributed by atoms with E-state index < -0.39 is 0 Å². The second-order valence-electron chi connectivity index (χ2n) is 5.84. The summed E-state index contributed by atoms with van der Waals surface area (Å²) in [6.07, 6.45) is 3.86. The second-order valence-corrected chi connectivity index (χ2v) is 5.84. The van der Waals surface area contributed by atoms with E-state index in [0.717, 1.165) is 43.0 Å². The van der Waals surface area contributed by atoms with E-state index >= 15 is 0 Å². The van der Waals surface area contributed by atoms with Gasteiger partial charge in [0.15, 0.2) is 5.82 Å². The van der Waals surface area contributed by atoms with Crippen LogP contribution in [0.3, 0.4) is 0 Å². The number of hydrogen-bond donors (Lipinski definition) is 1. The van der Waals surface area contributed by atoms with Crippen molar-refractivity contribution < 1.29 is 9.32 Å². The third-order valence-corrected chi connectivity index (χ3v) is 4.12. The largest absolute Gasteiger partial charge is 0.374 e. The highest BCUT2D eigenvalue weighted by molar-refractivity contribution is 5.98. The zero-order chi connectivity index (χ0) is 14.9. The van der Waals surface area contributed by atoms with Crippen LogP contribution in [0.2, 0.25) is 0 Å². The van der Waals surface area contributed by atoms with E-state index in [4.69, 9.17) is 4.52 Å². The Hall–Kier alpha value is -2.37. The molecule has 0 bridgehead atoms. The number of hydrogen-bond acceptors (Lipinski definition) is 5. The summed E-state index contributed by atoms with van der Waals surface area (Å²) in [6.45, 7) is 1.25. The number of rotatable bonds is 5. The van der Waals surface area contributed by atoms with Crippen molar-refractivity contribution in [2.24, 2.45) is 0 Å². The Kier molecular flexibility index (Phi) is 3.29. The normalized spacial score (nSPS) is 18.0. The minimum absolute atomic E-state index is 0.183. The summed E-state index contributed by atoms with van der Waals surface area (Å²) >= 11 is 0. The van der Waals surface area contributed by atoms with Gasteiger partial charge in [-0.1, -0.05) is 17.3 Å². The predicted octanol–water partition coefficient (Wildman–Crippen LogP) is 2.69. The van der Waals surface area contributed by atoms with Gasteiger partial charge in [-0.3, -0.25) is 4.79 Å². The molecule has 114 valence electrons. The summed E-state index contributed by atoms with van der Waals surface area (Å²) in [5.41, 5.74) is 1.84. The average molecular weight is 298 g/mol. The van der Waals surface area contributed by atoms with Crippen LogP contribution in [-0.4, -0.2) is 22.6 Å². The summed E-state index contributed by atoms with van der Waals surface area (Å²) in [5.74, 6) is 2.08. The third-order valence-electron chi connectivity index (χ3n) is 4.12. The summed E-state index contributed by atoms with van der Waals surface area (Å²) in [5, 5.41) is 7.32. The van der Waals surface area contributed by atoms with Crippen LogP contribution in [0.5, 0.6) is 0 Å². The van der Waals surface area contributed by atoms with E-state index in [-0.39, 0.29) is 5.91 Å². The molecule has 0 spiro atoms. The van der Waals surface area contributed by atoms with Crippen molar-refractivity contribution in [3.8, 4) is 0 Å². The first kappa shape index (κ1) is 13.3. The Morgan fingerprint density at radius 2 is 2.18 bits per heavy atom. The van der Waals surface area contributed by atoms with Gasteiger partial charge < -0.3 is 14.7 Å². The maximum atomic E-state index is 11.9. The van der Waals surface area contributed by atoms with Gasteiger partial charge in [0.25, 0.3) is 0 Å². The number of carbonyl (C=O) groups is 1. The first-order chi connectivity index (χ1) is 10.8. The molecule has 0 radical (unpaired) electrons. The van der Waals surface area contributed by atoms with Crippen LogP contribution in [0.15, 0.2) is 28.8 Å². The van der Waals surface area contributed by atoms with Gasteiger partial charge in [0, 0.05) is 18.9 Å². The van der Waals surface area contributed by atoms with Crippen molar-refractivity contribution in [3.63, 3.8) is 0 Å². The molecule has 0 atom stereocenters. The van der Waals surface area contributed by atoms with E-state index in [2.05, 4.69) is 15.5 Å². The molecule has 22 heavy (non-hydrogen) atoms. The van der Waals surface area contributed by atoms with Crippen LogP contribution >= 0.6 is 0 Å². The number of para-hydroxylation sites is 2. The van der Waals surface area contributed by atoms with Crippen molar-refractivity contribution in [1.82, 2.24) is 10.1 Å². The monoisotopic (exact) mass is 298 g/mol. The van der Waals surface area contributed by atoms with Gasteiger partial charge in [0.05, 0.1) is 17.9 Å². The van der Waals surface area contributed by atoms with Gasteiger partial charge in [0.2, 0.25) is 11.8 Å². The van der Waals surface area contributed by atoms with Crippen LogP contribution < -0.4 is 10.2 Å². The number of carbonyl (C=O) groups excluding carboxylic acids is 1. The predicted molar refractivity (Wildman–Crippen MR) is 81.6 cm³/mol. The molecule has 6 heteroatoms. The Bertz CT molecular complexity index is 693. The molecule has 6 nitrogen and oxygen atoms in total. The van der Waals surface area contributed by atoms with Crippen LogP contribution in [0.1, 0.15) is 43.3 Å². The molecule has 1 saturated heterocycles. The Morgan fingerprint density at radius 3 is 2.95 bits per heavy atom. The molecule has 2 aromatic rings. The minimum atomic E-state index is 0.183. The lowest BCUT2D eigenvalue weighted by molar-refractivity contribution is -0.117. The van der Waals surface area contributed by atoms with E-state index in [1.165, 1.54) is 0 Å². The summed E-state index contributed by atoms with van der Waals surface area (Å²) in [6, 6.07) is 7.84. The smallest absolute Gasteiger partial charge is 0.245 e. The first-order valence-corrected chi connectivity index (χ1v) is 7.77. The van der Waals surface area contributed by atoms with E-state index in [1.807, 2.05) is 29.2 Å². The van der Waals surface area contributed by atoms with Gasteiger partial charge in [-0.15, -0.1) is 0 Å². The fourth-order valence-corrected chi connectivity index (χ4v) is 2.78. The van der Waals surface area contributed by atoms with Crippen molar-refractivity contribution in [2.45, 2.75) is 38.1 Å². The number of nitrogens with one attached hydrogen (secondary N) is 1. The van der Waals surface area contributed by atoms with Crippen LogP contribution in [0, 0.1) is 0 Å². The van der Waals surface area contributed by atoms with Gasteiger partial charge in [-0.25, -0.2) is 0 Å². The molecule has 2 aliphatic rings. The van der Waals surface area contributed by atoms with Crippen molar-refractivity contribution in [1.29, 1.82) is 0 Å². The molecule has 1 aromatic carbocycles. The first-order valence-electron chi connectivity index (χ1n) is 7.77. The van der Waals surface area contributed by atoms with E-state index in [1.54, 1.807) is 0 Å². The number of amides is 1. The molecule has 1 saturated carbocycles. The van der Waals surface area contributed by atoms with Gasteiger partial charge in [0.1, 0.15) is 0 Å². The summed E-state index contributed by atoms with van der Waals surface area (Å²) < 4.78 is 5.27. The molecule has 2 fully saturated rings. The molecular weight excluding hydrogens is 280 g/mol. The van der Waals surface area contributed by atoms with Gasteiger partial charge >= 0.3 is 0 Å². The fraction of sp³-hybridized carbons (Fsp3) is 0.438. The highest BCUT2D eigenvalue weighted by Crippen LogP contribution is 2.38. The molecular formula is C16H18N4O2. The third kappa shape index (κ3) is 2.56. The van der Waals surface area contributed by atoms with Crippen LogP contribution in [0.4, 0.5) is 11.4 Å². The molecule has 2 heterocycles. The van der Waals surface area contributed by atoms with Gasteiger partial charge in [-0.2, -0.15) is 4.98 Å². The molecule has 0 unspecified atom stereocenters. The lowest BCUT2D eigenvalue weighted by Gasteiger charge is -2.19.